The zero-order valence-corrected chi connectivity index (χ0v) is 15.9. The molecule has 0 saturated carbocycles. The van der Waals surface area contributed by atoms with Gasteiger partial charge in [-0.25, -0.2) is 9.07 Å². The molecule has 7 nitrogen and oxygen atoms in total. The van der Waals surface area contributed by atoms with E-state index >= 15 is 0 Å². The van der Waals surface area contributed by atoms with Gasteiger partial charge in [0.1, 0.15) is 17.9 Å². The molecule has 3 aromatic rings. The van der Waals surface area contributed by atoms with Crippen LogP contribution in [0, 0.1) is 11.7 Å². The van der Waals surface area contributed by atoms with Gasteiger partial charge in [-0.2, -0.15) is 0 Å². The fourth-order valence-electron chi connectivity index (χ4n) is 3.80. The summed E-state index contributed by atoms with van der Waals surface area (Å²) in [6, 6.07) is 11.4. The van der Waals surface area contributed by atoms with Crippen molar-refractivity contribution in [2.75, 3.05) is 13.1 Å². The van der Waals surface area contributed by atoms with E-state index in [0.29, 0.717) is 24.7 Å². The van der Waals surface area contributed by atoms with Crippen LogP contribution in [-0.2, 0) is 6.42 Å². The van der Waals surface area contributed by atoms with Gasteiger partial charge in [0.25, 0.3) is 5.91 Å². The van der Waals surface area contributed by atoms with Crippen molar-refractivity contribution < 1.29 is 14.3 Å². The molecule has 150 valence electrons. The normalized spacial score (nSPS) is 16.7. The highest BCUT2D eigenvalue weighted by Gasteiger charge is 2.26. The number of rotatable bonds is 5. The number of aromatic hydroxyl groups is 1. The first kappa shape index (κ1) is 19.0. The molecule has 0 radical (unpaired) electrons. The minimum Gasteiger partial charge on any atom is -0.507 e. The van der Waals surface area contributed by atoms with Crippen LogP contribution in [0.1, 0.15) is 35.2 Å². The quantitative estimate of drug-likeness (QED) is 0.718. The van der Waals surface area contributed by atoms with Crippen molar-refractivity contribution in [2.45, 2.75) is 25.7 Å². The van der Waals surface area contributed by atoms with E-state index < -0.39 is 0 Å². The first-order valence-corrected chi connectivity index (χ1v) is 9.70. The molecule has 1 aliphatic rings. The fourth-order valence-corrected chi connectivity index (χ4v) is 3.80. The summed E-state index contributed by atoms with van der Waals surface area (Å²) in [4.78, 5) is 14.8. The molecule has 0 bridgehead atoms. The van der Waals surface area contributed by atoms with Gasteiger partial charge in [0.15, 0.2) is 0 Å². The van der Waals surface area contributed by atoms with E-state index in [2.05, 4.69) is 15.5 Å². The molecular weight excluding hydrogens is 373 g/mol. The third-order valence-corrected chi connectivity index (χ3v) is 5.39. The van der Waals surface area contributed by atoms with Crippen LogP contribution in [0.3, 0.4) is 0 Å². The Hall–Kier alpha value is -3.29. The van der Waals surface area contributed by atoms with Gasteiger partial charge in [-0.05, 0) is 71.9 Å². The van der Waals surface area contributed by atoms with Crippen LogP contribution in [0.4, 0.5) is 4.39 Å². The van der Waals surface area contributed by atoms with Crippen LogP contribution in [0.2, 0.25) is 0 Å². The van der Waals surface area contributed by atoms with E-state index in [9.17, 15) is 14.3 Å². The smallest absolute Gasteiger partial charge is 0.257 e. The van der Waals surface area contributed by atoms with E-state index in [1.54, 1.807) is 12.1 Å². The number of piperidine rings is 1. The number of aromatic nitrogens is 4. The second kappa shape index (κ2) is 8.38. The lowest BCUT2D eigenvalue weighted by molar-refractivity contribution is 0.0665. The van der Waals surface area contributed by atoms with Crippen molar-refractivity contribution in [3.63, 3.8) is 0 Å². The van der Waals surface area contributed by atoms with E-state index in [1.165, 1.54) is 29.2 Å². The largest absolute Gasteiger partial charge is 0.507 e. The van der Waals surface area contributed by atoms with Gasteiger partial charge in [-0.15, -0.1) is 5.10 Å². The van der Waals surface area contributed by atoms with Gasteiger partial charge < -0.3 is 10.0 Å². The van der Waals surface area contributed by atoms with Crippen LogP contribution in [-0.4, -0.2) is 49.2 Å². The zero-order valence-electron chi connectivity index (χ0n) is 15.9. The molecule has 1 amide bonds. The van der Waals surface area contributed by atoms with Crippen LogP contribution in [0.15, 0.2) is 48.8 Å². The Morgan fingerprint density at radius 3 is 2.76 bits per heavy atom. The van der Waals surface area contributed by atoms with Gasteiger partial charge in [0.2, 0.25) is 0 Å². The molecule has 0 spiro atoms. The van der Waals surface area contributed by atoms with E-state index in [0.717, 1.165) is 31.2 Å². The number of halogens is 1. The Kier molecular flexibility index (Phi) is 5.50. The number of phenolic OH excluding ortho intramolecular Hbond substituents is 1. The summed E-state index contributed by atoms with van der Waals surface area (Å²) < 4.78 is 14.5. The Labute approximate surface area is 167 Å². The van der Waals surface area contributed by atoms with Gasteiger partial charge in [0, 0.05) is 19.2 Å². The number of nitrogens with zero attached hydrogens (tertiary/aromatic N) is 5. The summed E-state index contributed by atoms with van der Waals surface area (Å²) in [5.41, 5.74) is 1.96. The number of amides is 1. The summed E-state index contributed by atoms with van der Waals surface area (Å²) in [5.74, 6) is -0.0943. The molecule has 1 fully saturated rings. The molecule has 1 N–H and O–H groups in total. The van der Waals surface area contributed by atoms with E-state index in [-0.39, 0.29) is 23.0 Å². The molecule has 0 aliphatic carbocycles. The molecule has 4 rings (SSSR count). The van der Waals surface area contributed by atoms with Crippen molar-refractivity contribution in [3.05, 3.63) is 65.7 Å². The number of likely N-dealkylation sites (tertiary alicyclic amines) is 1. The van der Waals surface area contributed by atoms with Crippen molar-refractivity contribution in [1.82, 2.24) is 25.1 Å². The second-order valence-electron chi connectivity index (χ2n) is 7.38. The Bertz CT molecular complexity index is 975. The lowest BCUT2D eigenvalue weighted by Crippen LogP contribution is -2.40. The maximum absolute atomic E-state index is 13.0. The Balaban J connectivity index is 1.40. The maximum atomic E-state index is 13.0. The molecular formula is C21H22FN5O2. The zero-order chi connectivity index (χ0) is 20.2. The molecule has 1 aromatic heterocycles. The lowest BCUT2D eigenvalue weighted by atomic mass is 9.91. The highest BCUT2D eigenvalue weighted by Crippen LogP contribution is 2.27. The van der Waals surface area contributed by atoms with Crippen molar-refractivity contribution >= 4 is 5.91 Å². The first-order chi connectivity index (χ1) is 14.1. The first-order valence-electron chi connectivity index (χ1n) is 9.70. The van der Waals surface area contributed by atoms with Crippen molar-refractivity contribution in [2.24, 2.45) is 5.92 Å². The van der Waals surface area contributed by atoms with Crippen LogP contribution < -0.4 is 0 Å². The molecule has 0 unspecified atom stereocenters. The predicted molar refractivity (Wildman–Crippen MR) is 104 cm³/mol. The molecule has 2 heterocycles. The number of hydrogen-bond acceptors (Lipinski definition) is 5. The topological polar surface area (TPSA) is 84.1 Å². The minimum atomic E-state index is -0.228. The van der Waals surface area contributed by atoms with Gasteiger partial charge >= 0.3 is 0 Å². The van der Waals surface area contributed by atoms with Gasteiger partial charge in [-0.1, -0.05) is 12.1 Å². The molecule has 1 atom stereocenters. The number of aryl methyl sites for hydroxylation is 1. The standard InChI is InChI=1S/C21H22FN5O2/c22-17-7-5-15(6-8-17)3-4-16-2-1-11-26(13-16)21(29)19-10-9-18(12-20(19)28)27-14-23-24-25-27/h5-10,12,14,16,28H,1-4,11,13H2/t16-/m0/s1. The number of tetrazole rings is 1. The number of carbonyl (C=O) groups excluding carboxylic acids is 1. The summed E-state index contributed by atoms with van der Waals surface area (Å²) in [5, 5.41) is 21.3. The molecule has 1 aliphatic heterocycles. The summed E-state index contributed by atoms with van der Waals surface area (Å²) >= 11 is 0. The molecule has 8 heteroatoms. The Morgan fingerprint density at radius 2 is 2.03 bits per heavy atom. The van der Waals surface area contributed by atoms with Crippen LogP contribution >= 0.6 is 0 Å². The number of phenols is 1. The third-order valence-electron chi connectivity index (χ3n) is 5.39. The van der Waals surface area contributed by atoms with Crippen LogP contribution in [0.5, 0.6) is 5.75 Å². The summed E-state index contributed by atoms with van der Waals surface area (Å²) in [7, 11) is 0. The average molecular weight is 395 g/mol. The minimum absolute atomic E-state index is 0.0866. The van der Waals surface area contributed by atoms with Crippen LogP contribution in [0.25, 0.3) is 5.69 Å². The SMILES string of the molecule is O=C(c1ccc(-n2cnnn2)cc1O)N1CCC[C@@H](CCc2ccc(F)cc2)C1. The fraction of sp³-hybridized carbons (Fsp3) is 0.333. The lowest BCUT2D eigenvalue weighted by Gasteiger charge is -2.33. The molecule has 1 saturated heterocycles. The van der Waals surface area contributed by atoms with E-state index in [1.807, 2.05) is 17.0 Å². The average Bonchev–Trinajstić information content (AvgIpc) is 3.28. The van der Waals surface area contributed by atoms with Crippen molar-refractivity contribution in [1.29, 1.82) is 0 Å². The molecule has 29 heavy (non-hydrogen) atoms. The number of benzene rings is 2. The third kappa shape index (κ3) is 4.42. The second-order valence-corrected chi connectivity index (χ2v) is 7.38. The maximum Gasteiger partial charge on any atom is 0.257 e. The summed E-state index contributed by atoms with van der Waals surface area (Å²) in [6.45, 7) is 1.34. The molecule has 2 aromatic carbocycles. The Morgan fingerprint density at radius 1 is 1.21 bits per heavy atom. The highest BCUT2D eigenvalue weighted by molar-refractivity contribution is 5.97. The predicted octanol–water partition coefficient (Wildman–Crippen LogP) is 2.99. The van der Waals surface area contributed by atoms with E-state index in [4.69, 9.17) is 0 Å². The number of hydrogen-bond donors (Lipinski definition) is 1. The van der Waals surface area contributed by atoms with Gasteiger partial charge in [0.05, 0.1) is 11.3 Å². The highest BCUT2D eigenvalue weighted by atomic mass is 19.1. The summed E-state index contributed by atoms with van der Waals surface area (Å²) in [6.07, 6.45) is 5.23. The monoisotopic (exact) mass is 395 g/mol. The van der Waals surface area contributed by atoms with Gasteiger partial charge in [-0.3, -0.25) is 4.79 Å². The van der Waals surface area contributed by atoms with Crippen molar-refractivity contribution in [3.8, 4) is 11.4 Å². The number of carbonyl (C=O) groups is 1.